The fourth-order valence-corrected chi connectivity index (χ4v) is 3.98. The number of carbonyl (C=O) groups is 1. The van der Waals surface area contributed by atoms with Gasteiger partial charge in [0.15, 0.2) is 0 Å². The molecule has 2 rings (SSSR count). The van der Waals surface area contributed by atoms with Gasteiger partial charge in [-0.25, -0.2) is 4.79 Å². The lowest BCUT2D eigenvalue weighted by Crippen LogP contribution is -2.63. The van der Waals surface area contributed by atoms with Crippen LogP contribution in [0.25, 0.3) is 0 Å². The van der Waals surface area contributed by atoms with Crippen LogP contribution in [-0.2, 0) is 6.54 Å². The number of likely N-dealkylation sites (tertiary alicyclic amines) is 1. The summed E-state index contributed by atoms with van der Waals surface area (Å²) in [6.07, 6.45) is 0.194. The Hall–Kier alpha value is -1.55. The predicted molar refractivity (Wildman–Crippen MR) is 93.5 cm³/mol. The molecule has 0 aromatic heterocycles. The Labute approximate surface area is 140 Å². The van der Waals surface area contributed by atoms with Gasteiger partial charge in [0.2, 0.25) is 0 Å². The Bertz CT molecular complexity index is 524. The second-order valence-corrected chi connectivity index (χ2v) is 7.92. The van der Waals surface area contributed by atoms with Gasteiger partial charge in [-0.3, -0.25) is 4.90 Å². The van der Waals surface area contributed by atoms with Crippen LogP contribution >= 0.6 is 0 Å². The molecule has 1 heterocycles. The highest BCUT2D eigenvalue weighted by Gasteiger charge is 2.45. The molecule has 4 heteroatoms. The Balaban J connectivity index is 2.32. The van der Waals surface area contributed by atoms with Crippen molar-refractivity contribution in [2.75, 3.05) is 13.6 Å². The molecule has 3 atom stereocenters. The van der Waals surface area contributed by atoms with Crippen LogP contribution in [0.2, 0.25) is 0 Å². The van der Waals surface area contributed by atoms with Gasteiger partial charge in [-0.1, -0.05) is 58.0 Å². The minimum atomic E-state index is -0.835. The number of nitrogens with zero attached hydrogens (tertiary/aromatic N) is 2. The van der Waals surface area contributed by atoms with E-state index in [1.807, 2.05) is 6.07 Å². The van der Waals surface area contributed by atoms with Crippen molar-refractivity contribution in [2.24, 2.45) is 11.3 Å². The summed E-state index contributed by atoms with van der Waals surface area (Å²) in [5.74, 6) is 0.368. The first-order valence-electron chi connectivity index (χ1n) is 8.45. The molecule has 4 nitrogen and oxygen atoms in total. The lowest BCUT2D eigenvalue weighted by molar-refractivity contribution is -0.0319. The number of benzene rings is 1. The summed E-state index contributed by atoms with van der Waals surface area (Å²) in [6.45, 7) is 10.7. The summed E-state index contributed by atoms with van der Waals surface area (Å²) in [5.41, 5.74) is 1.30. The third-order valence-electron chi connectivity index (χ3n) is 5.04. The van der Waals surface area contributed by atoms with Crippen LogP contribution in [0, 0.1) is 11.3 Å². The van der Waals surface area contributed by atoms with E-state index in [4.69, 9.17) is 0 Å². The van der Waals surface area contributed by atoms with Crippen LogP contribution in [0.5, 0.6) is 0 Å². The maximum atomic E-state index is 11.6. The molecule has 128 valence electrons. The van der Waals surface area contributed by atoms with Crippen LogP contribution in [0.3, 0.4) is 0 Å². The minimum absolute atomic E-state index is 0.0117. The summed E-state index contributed by atoms with van der Waals surface area (Å²) in [6, 6.07) is 10.7. The molecular formula is C19H30N2O2. The molecule has 0 radical (unpaired) electrons. The SMILES string of the molecule is C[C@@H]1CCN(Cc2ccccc2)C(C(C)(C)C)[C@@H]1N(C)C(=O)O. The molecule has 0 saturated carbocycles. The molecule has 23 heavy (non-hydrogen) atoms. The van der Waals surface area contributed by atoms with E-state index >= 15 is 0 Å². The van der Waals surface area contributed by atoms with Gasteiger partial charge in [0.05, 0.1) is 6.04 Å². The molecule has 0 bridgehead atoms. The number of piperidine rings is 1. The first-order valence-corrected chi connectivity index (χ1v) is 8.45. The molecule has 1 fully saturated rings. The summed E-state index contributed by atoms with van der Waals surface area (Å²) >= 11 is 0. The third-order valence-corrected chi connectivity index (χ3v) is 5.04. The number of likely N-dealkylation sites (N-methyl/N-ethyl adjacent to an activating group) is 1. The molecule has 1 aliphatic rings. The molecule has 1 aliphatic heterocycles. The Morgan fingerprint density at radius 2 is 1.91 bits per heavy atom. The Kier molecular flexibility index (Phi) is 5.35. The molecule has 1 aromatic carbocycles. The van der Waals surface area contributed by atoms with Crippen LogP contribution in [-0.4, -0.2) is 46.7 Å². The fourth-order valence-electron chi connectivity index (χ4n) is 3.98. The lowest BCUT2D eigenvalue weighted by atomic mass is 9.73. The maximum Gasteiger partial charge on any atom is 0.407 e. The molecule has 0 spiro atoms. The average molecular weight is 318 g/mol. The summed E-state index contributed by atoms with van der Waals surface area (Å²) in [5, 5.41) is 9.52. The van der Waals surface area contributed by atoms with Crippen LogP contribution < -0.4 is 0 Å². The first-order chi connectivity index (χ1) is 10.7. The van der Waals surface area contributed by atoms with Gasteiger partial charge in [-0.15, -0.1) is 0 Å². The zero-order chi connectivity index (χ0) is 17.2. The smallest absolute Gasteiger partial charge is 0.407 e. The summed E-state index contributed by atoms with van der Waals surface area (Å²) < 4.78 is 0. The van der Waals surface area contributed by atoms with E-state index in [1.54, 1.807) is 7.05 Å². The number of hydrogen-bond donors (Lipinski definition) is 1. The average Bonchev–Trinajstić information content (AvgIpc) is 2.47. The second kappa shape index (κ2) is 6.91. The van der Waals surface area contributed by atoms with Crippen molar-refractivity contribution in [3.8, 4) is 0 Å². The predicted octanol–water partition coefficient (Wildman–Crippen LogP) is 3.92. The van der Waals surface area contributed by atoms with Crippen molar-refractivity contribution in [1.82, 2.24) is 9.80 Å². The van der Waals surface area contributed by atoms with Gasteiger partial charge in [0, 0.05) is 19.6 Å². The normalized spacial score (nSPS) is 26.0. The second-order valence-electron chi connectivity index (χ2n) is 7.92. The standard InChI is InChI=1S/C19H30N2O2/c1-14-11-12-21(13-15-9-7-6-8-10-15)17(19(2,3)4)16(14)20(5)18(22)23/h6-10,14,16-17H,11-13H2,1-5H3,(H,22,23)/t14-,16-,17?/m1/s1. The molecule has 1 unspecified atom stereocenters. The minimum Gasteiger partial charge on any atom is -0.465 e. The quantitative estimate of drug-likeness (QED) is 0.918. The number of hydrogen-bond acceptors (Lipinski definition) is 2. The number of amides is 1. The topological polar surface area (TPSA) is 43.8 Å². The zero-order valence-electron chi connectivity index (χ0n) is 15.0. The highest BCUT2D eigenvalue weighted by Crippen LogP contribution is 2.37. The first kappa shape index (κ1) is 17.8. The van der Waals surface area contributed by atoms with Crippen molar-refractivity contribution >= 4 is 6.09 Å². The number of carboxylic acid groups (broad SMARTS) is 1. The maximum absolute atomic E-state index is 11.6. The van der Waals surface area contributed by atoms with E-state index in [9.17, 15) is 9.90 Å². The highest BCUT2D eigenvalue weighted by atomic mass is 16.4. The summed E-state index contributed by atoms with van der Waals surface area (Å²) in [7, 11) is 1.72. The summed E-state index contributed by atoms with van der Waals surface area (Å²) in [4.78, 5) is 15.6. The van der Waals surface area contributed by atoms with Crippen molar-refractivity contribution in [3.05, 3.63) is 35.9 Å². The van der Waals surface area contributed by atoms with Crippen molar-refractivity contribution in [2.45, 2.75) is 52.7 Å². The van der Waals surface area contributed by atoms with E-state index in [0.29, 0.717) is 5.92 Å². The van der Waals surface area contributed by atoms with E-state index in [2.05, 4.69) is 56.9 Å². The molecule has 0 aliphatic carbocycles. The van der Waals surface area contributed by atoms with Crippen molar-refractivity contribution < 1.29 is 9.90 Å². The Morgan fingerprint density at radius 3 is 2.43 bits per heavy atom. The van der Waals surface area contributed by atoms with Crippen molar-refractivity contribution in [1.29, 1.82) is 0 Å². The van der Waals surface area contributed by atoms with Gasteiger partial charge >= 0.3 is 6.09 Å². The van der Waals surface area contributed by atoms with E-state index in [0.717, 1.165) is 19.5 Å². The molecule has 1 amide bonds. The molecule has 1 saturated heterocycles. The fraction of sp³-hybridized carbons (Fsp3) is 0.632. The van der Waals surface area contributed by atoms with E-state index in [-0.39, 0.29) is 17.5 Å². The third kappa shape index (κ3) is 4.05. The number of rotatable bonds is 3. The van der Waals surface area contributed by atoms with E-state index < -0.39 is 6.09 Å². The monoisotopic (exact) mass is 318 g/mol. The van der Waals surface area contributed by atoms with Crippen molar-refractivity contribution in [3.63, 3.8) is 0 Å². The molecule has 1 N–H and O–H groups in total. The van der Waals surface area contributed by atoms with Crippen LogP contribution in [0.1, 0.15) is 39.7 Å². The van der Waals surface area contributed by atoms with Gasteiger partial charge in [-0.05, 0) is 29.9 Å². The van der Waals surface area contributed by atoms with Gasteiger partial charge in [-0.2, -0.15) is 0 Å². The molecular weight excluding hydrogens is 288 g/mol. The van der Waals surface area contributed by atoms with E-state index in [1.165, 1.54) is 10.5 Å². The van der Waals surface area contributed by atoms with Gasteiger partial charge in [0.1, 0.15) is 0 Å². The zero-order valence-corrected chi connectivity index (χ0v) is 15.0. The van der Waals surface area contributed by atoms with Gasteiger partial charge < -0.3 is 10.0 Å². The van der Waals surface area contributed by atoms with Crippen LogP contribution in [0.4, 0.5) is 4.79 Å². The lowest BCUT2D eigenvalue weighted by Gasteiger charge is -2.52. The van der Waals surface area contributed by atoms with Gasteiger partial charge in [0.25, 0.3) is 0 Å². The largest absolute Gasteiger partial charge is 0.465 e. The Morgan fingerprint density at radius 1 is 1.30 bits per heavy atom. The van der Waals surface area contributed by atoms with Crippen LogP contribution in [0.15, 0.2) is 30.3 Å². The highest BCUT2D eigenvalue weighted by molar-refractivity contribution is 5.65. The molecule has 1 aromatic rings.